The molecule has 2 amide bonds. The second-order valence-corrected chi connectivity index (χ2v) is 8.18. The van der Waals surface area contributed by atoms with Crippen molar-refractivity contribution in [1.29, 1.82) is 0 Å². The number of ether oxygens (including phenoxy) is 1. The summed E-state index contributed by atoms with van der Waals surface area (Å²) >= 11 is 6.03. The van der Waals surface area contributed by atoms with Gasteiger partial charge in [0.05, 0.1) is 5.69 Å². The minimum Gasteiger partial charge on any atom is -0.486 e. The highest BCUT2D eigenvalue weighted by Crippen LogP contribution is 2.22. The molecule has 1 aromatic carbocycles. The van der Waals surface area contributed by atoms with E-state index in [1.54, 1.807) is 35.1 Å². The van der Waals surface area contributed by atoms with Crippen LogP contribution in [-0.2, 0) is 13.2 Å². The van der Waals surface area contributed by atoms with Crippen molar-refractivity contribution in [2.45, 2.75) is 40.8 Å². The van der Waals surface area contributed by atoms with Crippen molar-refractivity contribution in [2.24, 2.45) is 5.92 Å². The minimum atomic E-state index is -0.479. The highest BCUT2D eigenvalue weighted by molar-refractivity contribution is 6.31. The number of carbonyl (C=O) groups is 2. The summed E-state index contributed by atoms with van der Waals surface area (Å²) in [6, 6.07) is 8.59. The molecule has 0 unspecified atom stereocenters. The fourth-order valence-electron chi connectivity index (χ4n) is 2.85. The monoisotopic (exact) mass is 458 g/mol. The van der Waals surface area contributed by atoms with Gasteiger partial charge >= 0.3 is 0 Å². The summed E-state index contributed by atoms with van der Waals surface area (Å²) in [6.45, 7) is 9.02. The lowest BCUT2D eigenvalue weighted by Crippen LogP contribution is -2.28. The van der Waals surface area contributed by atoms with Gasteiger partial charge in [-0.25, -0.2) is 0 Å². The van der Waals surface area contributed by atoms with Crippen LogP contribution in [0, 0.1) is 12.8 Å². The normalized spacial score (nSPS) is 10.9. The van der Waals surface area contributed by atoms with Gasteiger partial charge in [-0.3, -0.25) is 14.3 Å². The number of halogens is 1. The molecule has 2 N–H and O–H groups in total. The second kappa shape index (κ2) is 10.4. The third-order valence-electron chi connectivity index (χ3n) is 4.62. The molecule has 0 spiro atoms. The predicted molar refractivity (Wildman–Crippen MR) is 122 cm³/mol. The van der Waals surface area contributed by atoms with Crippen molar-refractivity contribution in [2.75, 3.05) is 11.9 Å². The summed E-state index contributed by atoms with van der Waals surface area (Å²) in [6.07, 6.45) is 1.62. The van der Waals surface area contributed by atoms with E-state index in [0.717, 1.165) is 5.56 Å². The number of amides is 2. The summed E-state index contributed by atoms with van der Waals surface area (Å²) in [5.74, 6) is 0.722. The third kappa shape index (κ3) is 5.91. The number of benzene rings is 1. The topological polar surface area (TPSA) is 98.4 Å². The van der Waals surface area contributed by atoms with Crippen LogP contribution in [0.1, 0.15) is 53.1 Å². The Hall–Kier alpha value is -3.26. The molecule has 8 nitrogen and oxygen atoms in total. The lowest BCUT2D eigenvalue weighted by atomic mass is 10.2. The van der Waals surface area contributed by atoms with Gasteiger partial charge in [0.1, 0.15) is 18.1 Å². The first-order valence-electron chi connectivity index (χ1n) is 10.4. The molecule has 32 heavy (non-hydrogen) atoms. The molecule has 0 saturated heterocycles. The van der Waals surface area contributed by atoms with Crippen LogP contribution in [0.4, 0.5) is 5.69 Å². The fraction of sp³-hybridized carbons (Fsp3) is 0.348. The standard InChI is InChI=1S/C23H27ClN4O4/c1-5-28-12-19(21(27-28)23(30)25-11-14(2)3)26-22(29)20-9-7-17(32-20)13-31-16-6-8-18(24)15(4)10-16/h6-10,12,14H,5,11,13H2,1-4H3,(H,25,30)(H,26,29). The Bertz CT molecular complexity index is 1100. The van der Waals surface area contributed by atoms with Crippen molar-refractivity contribution in [3.8, 4) is 5.75 Å². The first-order chi connectivity index (χ1) is 15.3. The number of furan rings is 1. The molecule has 2 heterocycles. The molecular formula is C23H27ClN4O4. The van der Waals surface area contributed by atoms with Crippen molar-refractivity contribution in [1.82, 2.24) is 15.1 Å². The van der Waals surface area contributed by atoms with Gasteiger partial charge in [0, 0.05) is 24.3 Å². The first kappa shape index (κ1) is 23.4. The Labute approximate surface area is 191 Å². The summed E-state index contributed by atoms with van der Waals surface area (Å²) in [5.41, 5.74) is 1.39. The summed E-state index contributed by atoms with van der Waals surface area (Å²) in [5, 5.41) is 10.5. The predicted octanol–water partition coefficient (Wildman–Crippen LogP) is 4.67. The Morgan fingerprint density at radius 2 is 2.00 bits per heavy atom. The van der Waals surface area contributed by atoms with E-state index in [0.29, 0.717) is 41.2 Å². The SMILES string of the molecule is CCn1cc(NC(=O)c2ccc(COc3ccc(Cl)c(C)c3)o2)c(C(=O)NCC(C)C)n1. The average molecular weight is 459 g/mol. The van der Waals surface area contributed by atoms with Gasteiger partial charge in [-0.1, -0.05) is 25.4 Å². The number of aromatic nitrogens is 2. The maximum Gasteiger partial charge on any atom is 0.291 e. The van der Waals surface area contributed by atoms with Crippen molar-refractivity contribution in [3.63, 3.8) is 0 Å². The largest absolute Gasteiger partial charge is 0.486 e. The lowest BCUT2D eigenvalue weighted by Gasteiger charge is -2.07. The van der Waals surface area contributed by atoms with E-state index in [9.17, 15) is 9.59 Å². The van der Waals surface area contributed by atoms with Crippen LogP contribution in [0.25, 0.3) is 0 Å². The third-order valence-corrected chi connectivity index (χ3v) is 5.04. The van der Waals surface area contributed by atoms with E-state index in [2.05, 4.69) is 15.7 Å². The number of nitrogens with one attached hydrogen (secondary N) is 2. The number of hydrogen-bond donors (Lipinski definition) is 2. The molecule has 0 atom stereocenters. The van der Waals surface area contributed by atoms with Crippen LogP contribution >= 0.6 is 11.6 Å². The Morgan fingerprint density at radius 1 is 1.22 bits per heavy atom. The summed E-state index contributed by atoms with van der Waals surface area (Å²) in [4.78, 5) is 25.2. The van der Waals surface area contributed by atoms with Gasteiger partial charge in [0.25, 0.3) is 11.8 Å². The molecule has 3 rings (SSSR count). The van der Waals surface area contributed by atoms with Crippen LogP contribution < -0.4 is 15.4 Å². The van der Waals surface area contributed by atoms with E-state index in [4.69, 9.17) is 20.8 Å². The maximum atomic E-state index is 12.7. The van der Waals surface area contributed by atoms with Crippen LogP contribution in [0.3, 0.4) is 0 Å². The Balaban J connectivity index is 1.66. The van der Waals surface area contributed by atoms with Gasteiger partial charge in [-0.15, -0.1) is 0 Å². The molecule has 0 aliphatic rings. The van der Waals surface area contributed by atoms with Crippen LogP contribution in [0.2, 0.25) is 5.02 Å². The highest BCUT2D eigenvalue weighted by Gasteiger charge is 2.20. The second-order valence-electron chi connectivity index (χ2n) is 7.77. The molecule has 170 valence electrons. The van der Waals surface area contributed by atoms with Gasteiger partial charge < -0.3 is 19.8 Å². The molecule has 0 fully saturated rings. The maximum absolute atomic E-state index is 12.7. The lowest BCUT2D eigenvalue weighted by molar-refractivity contribution is 0.0944. The highest BCUT2D eigenvalue weighted by atomic mass is 35.5. The van der Waals surface area contributed by atoms with Gasteiger partial charge in [-0.05, 0) is 55.7 Å². The molecule has 0 radical (unpaired) electrons. The van der Waals surface area contributed by atoms with E-state index in [1.165, 1.54) is 0 Å². The van der Waals surface area contributed by atoms with E-state index >= 15 is 0 Å². The van der Waals surface area contributed by atoms with Crippen LogP contribution in [0.15, 0.2) is 40.9 Å². The first-order valence-corrected chi connectivity index (χ1v) is 10.8. The summed E-state index contributed by atoms with van der Waals surface area (Å²) < 4.78 is 12.9. The van der Waals surface area contributed by atoms with E-state index in [1.807, 2.05) is 33.8 Å². The van der Waals surface area contributed by atoms with Gasteiger partial charge in [0.2, 0.25) is 0 Å². The number of aryl methyl sites for hydroxylation is 2. The van der Waals surface area contributed by atoms with Gasteiger partial charge in [0.15, 0.2) is 11.5 Å². The number of rotatable bonds is 9. The zero-order chi connectivity index (χ0) is 23.3. The number of hydrogen-bond acceptors (Lipinski definition) is 5. The smallest absolute Gasteiger partial charge is 0.291 e. The fourth-order valence-corrected chi connectivity index (χ4v) is 2.96. The molecule has 3 aromatic rings. The Kier molecular flexibility index (Phi) is 7.58. The zero-order valence-electron chi connectivity index (χ0n) is 18.6. The van der Waals surface area contributed by atoms with Crippen molar-refractivity contribution in [3.05, 3.63) is 64.3 Å². The molecular weight excluding hydrogens is 432 g/mol. The zero-order valence-corrected chi connectivity index (χ0v) is 19.3. The molecule has 0 aliphatic heterocycles. The van der Waals surface area contributed by atoms with E-state index < -0.39 is 5.91 Å². The number of carbonyl (C=O) groups excluding carboxylic acids is 2. The quantitative estimate of drug-likeness (QED) is 0.485. The van der Waals surface area contributed by atoms with Crippen LogP contribution in [0.5, 0.6) is 5.75 Å². The molecule has 0 bridgehead atoms. The van der Waals surface area contributed by atoms with Crippen molar-refractivity contribution < 1.29 is 18.7 Å². The molecule has 0 aliphatic carbocycles. The number of anilines is 1. The van der Waals surface area contributed by atoms with Crippen molar-refractivity contribution >= 4 is 29.1 Å². The minimum absolute atomic E-state index is 0.105. The van der Waals surface area contributed by atoms with E-state index in [-0.39, 0.29) is 24.0 Å². The molecule has 2 aromatic heterocycles. The molecule has 0 saturated carbocycles. The Morgan fingerprint density at radius 3 is 2.69 bits per heavy atom. The van der Waals surface area contributed by atoms with Gasteiger partial charge in [-0.2, -0.15) is 5.10 Å². The number of nitrogens with zero attached hydrogens (tertiary/aromatic N) is 2. The van der Waals surface area contributed by atoms with Crippen LogP contribution in [-0.4, -0.2) is 28.1 Å². The summed E-state index contributed by atoms with van der Waals surface area (Å²) in [7, 11) is 0. The molecule has 9 heteroatoms. The average Bonchev–Trinajstić information content (AvgIpc) is 3.40.